The zero-order valence-electron chi connectivity index (χ0n) is 13.0. The minimum atomic E-state index is -0.283. The summed E-state index contributed by atoms with van der Waals surface area (Å²) in [4.78, 5) is 12.6. The van der Waals surface area contributed by atoms with Gasteiger partial charge in [0, 0.05) is 30.0 Å². The first-order valence-electron chi connectivity index (χ1n) is 7.78. The molecule has 5 heteroatoms. The van der Waals surface area contributed by atoms with Crippen molar-refractivity contribution in [1.29, 1.82) is 0 Å². The lowest BCUT2D eigenvalue weighted by Gasteiger charge is -2.27. The van der Waals surface area contributed by atoms with Crippen molar-refractivity contribution in [2.45, 2.75) is 44.7 Å². The molecule has 0 aliphatic heterocycles. The number of aromatic nitrogens is 1. The zero-order chi connectivity index (χ0) is 15.9. The summed E-state index contributed by atoms with van der Waals surface area (Å²) in [5, 5.41) is 3.89. The Balaban J connectivity index is 1.88. The normalized spacial score (nSPS) is 22.0. The van der Waals surface area contributed by atoms with Crippen LogP contribution in [0.1, 0.15) is 41.7 Å². The Kier molecular flexibility index (Phi) is 3.91. The molecule has 2 aromatic rings. The Morgan fingerprint density at radius 1 is 1.32 bits per heavy atom. The van der Waals surface area contributed by atoms with Gasteiger partial charge in [0.05, 0.1) is 0 Å². The summed E-state index contributed by atoms with van der Waals surface area (Å²) in [6, 6.07) is 5.07. The highest BCUT2D eigenvalue weighted by Gasteiger charge is 2.24. The van der Waals surface area contributed by atoms with Gasteiger partial charge in [-0.1, -0.05) is 0 Å². The van der Waals surface area contributed by atoms with E-state index in [0.29, 0.717) is 5.69 Å². The molecule has 1 saturated carbocycles. The molecule has 1 aromatic carbocycles. The van der Waals surface area contributed by atoms with Gasteiger partial charge in [-0.05, 0) is 56.4 Å². The quantitative estimate of drug-likeness (QED) is 0.896. The Labute approximate surface area is 129 Å². The van der Waals surface area contributed by atoms with Crippen molar-refractivity contribution < 1.29 is 9.18 Å². The fourth-order valence-corrected chi connectivity index (χ4v) is 3.44. The number of nitrogens with one attached hydrogen (secondary N) is 1. The number of hydrogen-bond donors (Lipinski definition) is 2. The molecule has 1 amide bonds. The van der Waals surface area contributed by atoms with Crippen molar-refractivity contribution in [2.75, 3.05) is 0 Å². The van der Waals surface area contributed by atoms with Crippen LogP contribution in [0.5, 0.6) is 0 Å². The first-order valence-corrected chi connectivity index (χ1v) is 7.78. The predicted octanol–water partition coefficient (Wildman–Crippen LogP) is 2.63. The van der Waals surface area contributed by atoms with E-state index in [1.54, 1.807) is 6.07 Å². The number of rotatable bonds is 2. The van der Waals surface area contributed by atoms with Crippen molar-refractivity contribution in [2.24, 2.45) is 12.8 Å². The van der Waals surface area contributed by atoms with Crippen molar-refractivity contribution in [1.82, 2.24) is 9.88 Å². The number of aryl methyl sites for hydroxylation is 2. The van der Waals surface area contributed by atoms with Gasteiger partial charge in [0.15, 0.2) is 0 Å². The van der Waals surface area contributed by atoms with Gasteiger partial charge in [-0.3, -0.25) is 4.79 Å². The molecule has 22 heavy (non-hydrogen) atoms. The number of benzene rings is 1. The van der Waals surface area contributed by atoms with Crippen LogP contribution in [-0.4, -0.2) is 22.6 Å². The van der Waals surface area contributed by atoms with Crippen LogP contribution < -0.4 is 11.1 Å². The fraction of sp³-hybridized carbons (Fsp3) is 0.471. The van der Waals surface area contributed by atoms with E-state index in [9.17, 15) is 9.18 Å². The smallest absolute Gasteiger partial charge is 0.268 e. The molecule has 118 valence electrons. The van der Waals surface area contributed by atoms with Crippen LogP contribution in [0.15, 0.2) is 18.2 Å². The number of fused-ring (bicyclic) bond motifs is 1. The number of hydrogen-bond acceptors (Lipinski definition) is 2. The highest BCUT2D eigenvalue weighted by molar-refractivity contribution is 6.01. The maximum absolute atomic E-state index is 13.4. The molecule has 1 aromatic heterocycles. The van der Waals surface area contributed by atoms with E-state index in [1.807, 2.05) is 18.5 Å². The minimum absolute atomic E-state index is 0.0860. The molecule has 1 aliphatic rings. The van der Waals surface area contributed by atoms with Crippen LogP contribution in [0.4, 0.5) is 4.39 Å². The van der Waals surface area contributed by atoms with E-state index in [2.05, 4.69) is 5.32 Å². The van der Waals surface area contributed by atoms with Gasteiger partial charge < -0.3 is 15.6 Å². The summed E-state index contributed by atoms with van der Waals surface area (Å²) in [5.41, 5.74) is 8.20. The van der Waals surface area contributed by atoms with Crippen molar-refractivity contribution in [3.8, 4) is 0 Å². The fourth-order valence-electron chi connectivity index (χ4n) is 3.44. The first kappa shape index (κ1) is 15.0. The van der Waals surface area contributed by atoms with E-state index < -0.39 is 0 Å². The Hall–Kier alpha value is -1.88. The standard InChI is InChI=1S/C17H22FN3O/c1-10-14-9-11(18)3-8-15(14)21(2)16(10)17(22)20-13-6-4-12(19)5-7-13/h3,8-9,12-13H,4-7,19H2,1-2H3,(H,20,22). The largest absolute Gasteiger partial charge is 0.348 e. The number of nitrogens with two attached hydrogens (primary N) is 1. The van der Waals surface area contributed by atoms with E-state index in [4.69, 9.17) is 5.73 Å². The van der Waals surface area contributed by atoms with E-state index in [0.717, 1.165) is 42.1 Å². The van der Waals surface area contributed by atoms with Gasteiger partial charge >= 0.3 is 0 Å². The number of halogens is 1. The van der Waals surface area contributed by atoms with Crippen molar-refractivity contribution in [3.05, 3.63) is 35.3 Å². The maximum Gasteiger partial charge on any atom is 0.268 e. The molecule has 3 rings (SSSR count). The van der Waals surface area contributed by atoms with E-state index >= 15 is 0 Å². The molecule has 0 saturated heterocycles. The number of carbonyl (C=O) groups excluding carboxylic acids is 1. The topological polar surface area (TPSA) is 60.1 Å². The van der Waals surface area contributed by atoms with Crippen LogP contribution in [-0.2, 0) is 7.05 Å². The molecule has 0 unspecified atom stereocenters. The van der Waals surface area contributed by atoms with E-state index in [-0.39, 0.29) is 23.8 Å². The molecule has 0 bridgehead atoms. The van der Waals surface area contributed by atoms with Gasteiger partial charge in [0.25, 0.3) is 5.91 Å². The minimum Gasteiger partial charge on any atom is -0.348 e. The molecule has 4 nitrogen and oxygen atoms in total. The summed E-state index contributed by atoms with van der Waals surface area (Å²) >= 11 is 0. The lowest BCUT2D eigenvalue weighted by molar-refractivity contribution is 0.0917. The van der Waals surface area contributed by atoms with Crippen LogP contribution in [0.2, 0.25) is 0 Å². The monoisotopic (exact) mass is 303 g/mol. The average molecular weight is 303 g/mol. The van der Waals surface area contributed by atoms with Gasteiger partial charge in [0.1, 0.15) is 11.5 Å². The predicted molar refractivity (Wildman–Crippen MR) is 85.3 cm³/mol. The molecule has 1 heterocycles. The summed E-state index contributed by atoms with van der Waals surface area (Å²) in [5.74, 6) is -0.369. The SMILES string of the molecule is Cc1c(C(=O)NC2CCC(N)CC2)n(C)c2ccc(F)cc12. The highest BCUT2D eigenvalue weighted by atomic mass is 19.1. The molecule has 0 spiro atoms. The van der Waals surface area contributed by atoms with Gasteiger partial charge in [-0.15, -0.1) is 0 Å². The second-order valence-corrected chi connectivity index (χ2v) is 6.28. The lowest BCUT2D eigenvalue weighted by atomic mass is 9.92. The number of nitrogens with zero attached hydrogens (tertiary/aromatic N) is 1. The van der Waals surface area contributed by atoms with E-state index in [1.165, 1.54) is 12.1 Å². The maximum atomic E-state index is 13.4. The third kappa shape index (κ3) is 2.61. The van der Waals surface area contributed by atoms with Crippen LogP contribution in [0, 0.1) is 12.7 Å². The average Bonchev–Trinajstić information content (AvgIpc) is 2.73. The summed E-state index contributed by atoms with van der Waals surface area (Å²) in [6.45, 7) is 1.87. The number of amides is 1. The van der Waals surface area contributed by atoms with Gasteiger partial charge in [0.2, 0.25) is 0 Å². The van der Waals surface area contributed by atoms with Crippen molar-refractivity contribution in [3.63, 3.8) is 0 Å². The molecule has 1 aliphatic carbocycles. The van der Waals surface area contributed by atoms with Crippen LogP contribution in [0.3, 0.4) is 0 Å². The summed E-state index contributed by atoms with van der Waals surface area (Å²) < 4.78 is 15.3. The molecule has 3 N–H and O–H groups in total. The molecular weight excluding hydrogens is 281 g/mol. The Bertz CT molecular complexity index is 714. The van der Waals surface area contributed by atoms with Gasteiger partial charge in [-0.25, -0.2) is 4.39 Å². The molecule has 0 atom stereocenters. The lowest BCUT2D eigenvalue weighted by Crippen LogP contribution is -2.41. The molecule has 1 fully saturated rings. The summed E-state index contributed by atoms with van der Waals surface area (Å²) in [6.07, 6.45) is 3.74. The second-order valence-electron chi connectivity index (χ2n) is 6.28. The first-order chi connectivity index (χ1) is 10.5. The molecular formula is C17H22FN3O. The Morgan fingerprint density at radius 3 is 2.68 bits per heavy atom. The number of carbonyl (C=O) groups is 1. The van der Waals surface area contributed by atoms with Crippen molar-refractivity contribution >= 4 is 16.8 Å². The van der Waals surface area contributed by atoms with Crippen LogP contribution in [0.25, 0.3) is 10.9 Å². The second kappa shape index (κ2) is 5.72. The zero-order valence-corrected chi connectivity index (χ0v) is 13.0. The molecule has 0 radical (unpaired) electrons. The third-order valence-corrected chi connectivity index (χ3v) is 4.74. The Morgan fingerprint density at radius 2 is 2.00 bits per heavy atom. The third-order valence-electron chi connectivity index (χ3n) is 4.74. The van der Waals surface area contributed by atoms with Crippen LogP contribution >= 0.6 is 0 Å². The highest BCUT2D eigenvalue weighted by Crippen LogP contribution is 2.26. The summed E-state index contributed by atoms with van der Waals surface area (Å²) in [7, 11) is 1.85. The van der Waals surface area contributed by atoms with Gasteiger partial charge in [-0.2, -0.15) is 0 Å².